The van der Waals surface area contributed by atoms with Crippen molar-refractivity contribution in [3.63, 3.8) is 0 Å². The Labute approximate surface area is 128 Å². The molecule has 2 rings (SSSR count). The first-order valence-electron chi connectivity index (χ1n) is 6.62. The molecule has 1 atom stereocenters. The van der Waals surface area contributed by atoms with Gasteiger partial charge in [-0.05, 0) is 25.1 Å². The molecule has 1 N–H and O–H groups in total. The number of carbonyl (C=O) groups is 1. The lowest BCUT2D eigenvalue weighted by Crippen LogP contribution is -2.29. The number of nitrogens with one attached hydrogen (secondary N) is 1. The second kappa shape index (κ2) is 6.36. The molecule has 0 aromatic heterocycles. The first kappa shape index (κ1) is 16.9. The topological polar surface area (TPSA) is 29.1 Å². The van der Waals surface area contributed by atoms with Gasteiger partial charge in [-0.1, -0.05) is 18.2 Å². The summed E-state index contributed by atoms with van der Waals surface area (Å²) in [4.78, 5) is 12.1. The predicted octanol–water partition coefficient (Wildman–Crippen LogP) is 4.47. The van der Waals surface area contributed by atoms with Crippen LogP contribution < -0.4 is 5.32 Å². The van der Waals surface area contributed by atoms with E-state index >= 15 is 0 Å². The lowest BCUT2D eigenvalue weighted by Gasteiger charge is -2.17. The summed E-state index contributed by atoms with van der Waals surface area (Å²) in [6, 6.07) is 6.14. The van der Waals surface area contributed by atoms with Gasteiger partial charge in [0.15, 0.2) is 0 Å². The van der Waals surface area contributed by atoms with Crippen LogP contribution in [0.2, 0.25) is 0 Å². The maximum Gasteiger partial charge on any atom is 0.417 e. The predicted molar refractivity (Wildman–Crippen MR) is 73.7 cm³/mol. The fraction of sp³-hybridized carbons (Fsp3) is 0.188. The number of halogens is 5. The zero-order valence-electron chi connectivity index (χ0n) is 11.9. The normalized spacial score (nSPS) is 12.8. The van der Waals surface area contributed by atoms with E-state index in [9.17, 15) is 26.7 Å². The number of alkyl halides is 3. The van der Waals surface area contributed by atoms with Crippen LogP contribution in [0.4, 0.5) is 22.0 Å². The van der Waals surface area contributed by atoms with Gasteiger partial charge in [-0.3, -0.25) is 4.79 Å². The Morgan fingerprint density at radius 2 is 1.74 bits per heavy atom. The van der Waals surface area contributed by atoms with Crippen molar-refractivity contribution in [1.29, 1.82) is 0 Å². The maximum absolute atomic E-state index is 13.7. The number of benzene rings is 2. The first-order valence-corrected chi connectivity index (χ1v) is 6.62. The van der Waals surface area contributed by atoms with E-state index in [0.29, 0.717) is 6.07 Å². The van der Waals surface area contributed by atoms with Crippen molar-refractivity contribution in [2.75, 3.05) is 0 Å². The zero-order valence-corrected chi connectivity index (χ0v) is 11.9. The first-order chi connectivity index (χ1) is 10.7. The van der Waals surface area contributed by atoms with Gasteiger partial charge in [0.2, 0.25) is 0 Å². The summed E-state index contributed by atoms with van der Waals surface area (Å²) < 4.78 is 65.2. The summed E-state index contributed by atoms with van der Waals surface area (Å²) in [6.45, 7) is 1.39. The lowest BCUT2D eigenvalue weighted by molar-refractivity contribution is -0.137. The molecule has 122 valence electrons. The highest BCUT2D eigenvalue weighted by Crippen LogP contribution is 2.32. The highest BCUT2D eigenvalue weighted by atomic mass is 19.4. The van der Waals surface area contributed by atoms with Crippen molar-refractivity contribution in [2.45, 2.75) is 19.1 Å². The second-order valence-electron chi connectivity index (χ2n) is 4.90. The lowest BCUT2D eigenvalue weighted by atomic mass is 10.0. The third-order valence-electron chi connectivity index (χ3n) is 3.25. The maximum atomic E-state index is 13.7. The second-order valence-corrected chi connectivity index (χ2v) is 4.90. The molecule has 0 unspecified atom stereocenters. The molecule has 0 fully saturated rings. The standard InChI is InChI=1S/C16H12F5NO/c1-9(11-7-6-10(17)8-14(11)18)22-15(23)12-4-2-3-5-13(12)16(19,20)21/h2-9H,1H3,(H,22,23)/t9-/m0/s1. The molecule has 2 aromatic carbocycles. The Bertz CT molecular complexity index is 727. The van der Waals surface area contributed by atoms with Crippen LogP contribution in [-0.2, 0) is 6.18 Å². The van der Waals surface area contributed by atoms with E-state index in [1.54, 1.807) is 0 Å². The van der Waals surface area contributed by atoms with Gasteiger partial charge in [-0.25, -0.2) is 8.78 Å². The molecule has 2 aromatic rings. The number of rotatable bonds is 3. The molecule has 1 amide bonds. The molecule has 0 radical (unpaired) electrons. The van der Waals surface area contributed by atoms with E-state index in [2.05, 4.69) is 5.32 Å². The fourth-order valence-electron chi connectivity index (χ4n) is 2.13. The average molecular weight is 329 g/mol. The molecule has 0 saturated carbocycles. The van der Waals surface area contributed by atoms with Crippen molar-refractivity contribution < 1.29 is 26.7 Å². The van der Waals surface area contributed by atoms with Crippen LogP contribution in [0.3, 0.4) is 0 Å². The molecule has 0 spiro atoms. The van der Waals surface area contributed by atoms with Crippen LogP contribution in [0.5, 0.6) is 0 Å². The number of amides is 1. The Morgan fingerprint density at radius 1 is 1.09 bits per heavy atom. The van der Waals surface area contributed by atoms with Crippen molar-refractivity contribution in [3.8, 4) is 0 Å². The summed E-state index contributed by atoms with van der Waals surface area (Å²) in [5.41, 5.74) is -1.66. The zero-order chi connectivity index (χ0) is 17.2. The van der Waals surface area contributed by atoms with Gasteiger partial charge in [0.1, 0.15) is 11.6 Å². The molecule has 0 heterocycles. The van der Waals surface area contributed by atoms with Crippen molar-refractivity contribution >= 4 is 5.91 Å². The largest absolute Gasteiger partial charge is 0.417 e. The fourth-order valence-corrected chi connectivity index (χ4v) is 2.13. The number of hydrogen-bond acceptors (Lipinski definition) is 1. The SMILES string of the molecule is C[C@H](NC(=O)c1ccccc1C(F)(F)F)c1ccc(F)cc1F. The van der Waals surface area contributed by atoms with Gasteiger partial charge in [-0.15, -0.1) is 0 Å². The highest BCUT2D eigenvalue weighted by molar-refractivity contribution is 5.96. The van der Waals surface area contributed by atoms with Crippen LogP contribution in [0.15, 0.2) is 42.5 Å². The van der Waals surface area contributed by atoms with Gasteiger partial charge in [0.25, 0.3) is 5.91 Å². The van der Waals surface area contributed by atoms with Crippen LogP contribution >= 0.6 is 0 Å². The van der Waals surface area contributed by atoms with E-state index in [1.165, 1.54) is 19.1 Å². The molecule has 7 heteroatoms. The Kier molecular flexibility index (Phi) is 4.68. The van der Waals surface area contributed by atoms with E-state index < -0.39 is 40.9 Å². The van der Waals surface area contributed by atoms with Crippen LogP contribution in [0, 0.1) is 11.6 Å². The van der Waals surface area contributed by atoms with Gasteiger partial charge in [0.05, 0.1) is 17.2 Å². The van der Waals surface area contributed by atoms with Crippen LogP contribution in [0.25, 0.3) is 0 Å². The van der Waals surface area contributed by atoms with Gasteiger partial charge in [0, 0.05) is 11.6 Å². The molecule has 0 aliphatic heterocycles. The summed E-state index contributed by atoms with van der Waals surface area (Å²) in [5.74, 6) is -2.66. The minimum Gasteiger partial charge on any atom is -0.345 e. The quantitative estimate of drug-likeness (QED) is 0.827. The van der Waals surface area contributed by atoms with Gasteiger partial charge in [-0.2, -0.15) is 13.2 Å². The third-order valence-corrected chi connectivity index (χ3v) is 3.25. The van der Waals surface area contributed by atoms with E-state index in [0.717, 1.165) is 24.3 Å². The number of hydrogen-bond donors (Lipinski definition) is 1. The molecule has 0 aliphatic carbocycles. The van der Waals surface area contributed by atoms with Gasteiger partial charge < -0.3 is 5.32 Å². The number of carbonyl (C=O) groups excluding carboxylic acids is 1. The van der Waals surface area contributed by atoms with Crippen LogP contribution in [0.1, 0.15) is 34.5 Å². The van der Waals surface area contributed by atoms with E-state index in [1.807, 2.05) is 0 Å². The summed E-state index contributed by atoms with van der Waals surface area (Å²) in [6.07, 6.45) is -4.68. The van der Waals surface area contributed by atoms with Gasteiger partial charge >= 0.3 is 6.18 Å². The van der Waals surface area contributed by atoms with Crippen LogP contribution in [-0.4, -0.2) is 5.91 Å². The molecule has 23 heavy (non-hydrogen) atoms. The Balaban J connectivity index is 2.26. The molecule has 0 bridgehead atoms. The molecular weight excluding hydrogens is 317 g/mol. The highest BCUT2D eigenvalue weighted by Gasteiger charge is 2.35. The molecule has 0 aliphatic rings. The average Bonchev–Trinajstić information content (AvgIpc) is 2.46. The smallest absolute Gasteiger partial charge is 0.345 e. The summed E-state index contributed by atoms with van der Waals surface area (Å²) >= 11 is 0. The van der Waals surface area contributed by atoms with Crippen molar-refractivity contribution in [2.24, 2.45) is 0 Å². The Hall–Kier alpha value is -2.44. The monoisotopic (exact) mass is 329 g/mol. The Morgan fingerprint density at radius 3 is 2.35 bits per heavy atom. The molecule has 2 nitrogen and oxygen atoms in total. The van der Waals surface area contributed by atoms with E-state index in [4.69, 9.17) is 0 Å². The van der Waals surface area contributed by atoms with Crippen molar-refractivity contribution in [3.05, 3.63) is 70.8 Å². The van der Waals surface area contributed by atoms with Crippen molar-refractivity contribution in [1.82, 2.24) is 5.32 Å². The minimum absolute atomic E-state index is 0.0239. The third kappa shape index (κ3) is 3.85. The van der Waals surface area contributed by atoms with E-state index in [-0.39, 0.29) is 5.56 Å². The minimum atomic E-state index is -4.68. The summed E-state index contributed by atoms with van der Waals surface area (Å²) in [7, 11) is 0. The summed E-state index contributed by atoms with van der Waals surface area (Å²) in [5, 5.41) is 2.28. The molecule has 0 saturated heterocycles. The molecular formula is C16H12F5NO.